The number of carbonyl (C=O) groups is 2. The third-order valence-electron chi connectivity index (χ3n) is 9.32. The maximum Gasteiger partial charge on any atom is 0.227 e. The third-order valence-corrected chi connectivity index (χ3v) is 9.32. The van der Waals surface area contributed by atoms with Crippen LogP contribution in [0.4, 0.5) is 4.39 Å². The normalized spacial score (nSPS) is 43.4. The lowest BCUT2D eigenvalue weighted by Crippen LogP contribution is -2.52. The molecule has 3 unspecified atom stereocenters. The molecular weight excluding hydrogens is 393 g/mol. The third kappa shape index (κ3) is 2.75. The highest BCUT2D eigenvalue weighted by molar-refractivity contribution is 5.87. The molecule has 31 heavy (non-hydrogen) atoms. The van der Waals surface area contributed by atoms with E-state index in [4.69, 9.17) is 4.74 Å². The number of halogens is 1. The summed E-state index contributed by atoms with van der Waals surface area (Å²) in [7, 11) is 0. The second-order valence-corrected chi connectivity index (χ2v) is 10.9. The van der Waals surface area contributed by atoms with Gasteiger partial charge >= 0.3 is 0 Å². The molecule has 5 heteroatoms. The topological polar surface area (TPSA) is 49.9 Å². The Hall–Kier alpha value is -2.01. The number of hydrogen-bond acceptors (Lipinski definition) is 3. The van der Waals surface area contributed by atoms with Gasteiger partial charge in [-0.1, -0.05) is 32.1 Å². The molecule has 0 spiro atoms. The standard InChI is InChI=1S/C26H30FNO3/c1-25-12-11-22(30)28(14-15-3-5-16(27)6-4-15)20(25)9-7-17-18-8-10-21(29)26(18,2)13-19-24(31-19)23(17)25/h3-6,9,17-19,23-24H,7-8,10-14H2,1-2H3/t17?,18-,19?,23+,24?,25-,26-/m0/s1. The van der Waals surface area contributed by atoms with Gasteiger partial charge in [-0.25, -0.2) is 4.39 Å². The maximum absolute atomic E-state index is 13.4. The number of epoxide rings is 1. The zero-order chi connectivity index (χ0) is 21.5. The number of hydrogen-bond donors (Lipinski definition) is 0. The van der Waals surface area contributed by atoms with Crippen LogP contribution in [0.3, 0.4) is 0 Å². The van der Waals surface area contributed by atoms with Gasteiger partial charge in [-0.05, 0) is 55.2 Å². The van der Waals surface area contributed by atoms with E-state index in [1.54, 1.807) is 12.1 Å². The van der Waals surface area contributed by atoms with Crippen LogP contribution in [0.25, 0.3) is 0 Å². The molecule has 3 aliphatic carbocycles. The Labute approximate surface area is 182 Å². The number of ether oxygens (including phenoxy) is 1. The zero-order valence-electron chi connectivity index (χ0n) is 18.3. The molecular formula is C26H30FNO3. The number of Topliss-reactive ketones (excluding diaryl/α,β-unsaturated/α-hetero) is 1. The Bertz CT molecular complexity index is 987. The number of ketones is 1. The molecule has 0 bridgehead atoms. The summed E-state index contributed by atoms with van der Waals surface area (Å²) in [6.07, 6.45) is 7.49. The van der Waals surface area contributed by atoms with Gasteiger partial charge in [0.25, 0.3) is 0 Å². The summed E-state index contributed by atoms with van der Waals surface area (Å²) in [6, 6.07) is 6.45. The number of carbonyl (C=O) groups excluding carboxylic acids is 2. The number of piperidine rings is 1. The van der Waals surface area contributed by atoms with Crippen LogP contribution >= 0.6 is 0 Å². The van der Waals surface area contributed by atoms with Crippen LogP contribution in [0.1, 0.15) is 57.9 Å². The summed E-state index contributed by atoms with van der Waals surface area (Å²) in [5.74, 6) is 1.50. The van der Waals surface area contributed by atoms with Crippen molar-refractivity contribution in [1.29, 1.82) is 0 Å². The van der Waals surface area contributed by atoms with Crippen LogP contribution in [0, 0.1) is 34.4 Å². The minimum atomic E-state index is -0.261. The lowest BCUT2D eigenvalue weighted by atomic mass is 9.55. The zero-order valence-corrected chi connectivity index (χ0v) is 18.3. The molecule has 7 atom stereocenters. The molecule has 4 fully saturated rings. The van der Waals surface area contributed by atoms with Gasteiger partial charge in [-0.3, -0.25) is 9.59 Å². The van der Waals surface area contributed by atoms with E-state index in [-0.39, 0.29) is 34.8 Å². The van der Waals surface area contributed by atoms with E-state index in [0.29, 0.717) is 42.9 Å². The predicted molar refractivity (Wildman–Crippen MR) is 113 cm³/mol. The molecule has 1 aromatic carbocycles. The van der Waals surface area contributed by atoms with Gasteiger partial charge in [0, 0.05) is 35.3 Å². The van der Waals surface area contributed by atoms with Crippen LogP contribution < -0.4 is 0 Å². The van der Waals surface area contributed by atoms with Gasteiger partial charge in [0.2, 0.25) is 5.91 Å². The molecule has 6 rings (SSSR count). The molecule has 0 N–H and O–H groups in total. The van der Waals surface area contributed by atoms with Gasteiger partial charge in [0.1, 0.15) is 11.6 Å². The van der Waals surface area contributed by atoms with Gasteiger partial charge in [0.05, 0.1) is 18.8 Å². The number of allylic oxidation sites excluding steroid dienone is 2. The minimum absolute atomic E-state index is 0.132. The largest absolute Gasteiger partial charge is 0.369 e. The quantitative estimate of drug-likeness (QED) is 0.652. The van der Waals surface area contributed by atoms with Crippen LogP contribution in [0.5, 0.6) is 0 Å². The molecule has 1 aromatic rings. The van der Waals surface area contributed by atoms with E-state index in [0.717, 1.165) is 36.9 Å². The number of amides is 1. The number of rotatable bonds is 2. The number of likely N-dealkylation sites (tertiary alicyclic amines) is 1. The first-order valence-electron chi connectivity index (χ1n) is 11.8. The Morgan fingerprint density at radius 1 is 1.13 bits per heavy atom. The van der Waals surface area contributed by atoms with E-state index in [9.17, 15) is 14.0 Å². The molecule has 2 saturated carbocycles. The molecule has 4 nitrogen and oxygen atoms in total. The fourth-order valence-electron chi connectivity index (χ4n) is 7.69. The van der Waals surface area contributed by atoms with Crippen molar-refractivity contribution in [3.8, 4) is 0 Å². The summed E-state index contributed by atoms with van der Waals surface area (Å²) < 4.78 is 19.6. The first-order valence-corrected chi connectivity index (χ1v) is 11.8. The summed E-state index contributed by atoms with van der Waals surface area (Å²) in [4.78, 5) is 27.8. The summed E-state index contributed by atoms with van der Waals surface area (Å²) >= 11 is 0. The van der Waals surface area contributed by atoms with Crippen molar-refractivity contribution in [3.05, 3.63) is 47.4 Å². The van der Waals surface area contributed by atoms with Gasteiger partial charge in [-0.2, -0.15) is 0 Å². The maximum atomic E-state index is 13.4. The van der Waals surface area contributed by atoms with E-state index < -0.39 is 0 Å². The Kier molecular flexibility index (Phi) is 4.12. The Balaban J connectivity index is 1.38. The SMILES string of the molecule is C[C@]12CCC(=O)N(Cc3ccc(F)cc3)C1=CCC1[C@@H]2C2OC2C[C@]2(C)C(=O)CC[C@@H]12. The molecule has 5 aliphatic rings. The molecule has 2 heterocycles. The monoisotopic (exact) mass is 423 g/mol. The number of fused-ring (bicyclic) bond motifs is 7. The van der Waals surface area contributed by atoms with E-state index in [1.807, 2.05) is 4.90 Å². The van der Waals surface area contributed by atoms with Crippen molar-refractivity contribution in [2.24, 2.45) is 28.6 Å². The number of nitrogens with zero attached hydrogens (tertiary/aromatic N) is 1. The molecule has 2 aliphatic heterocycles. The second-order valence-electron chi connectivity index (χ2n) is 10.9. The highest BCUT2D eigenvalue weighted by Crippen LogP contribution is 2.65. The first kappa shape index (κ1) is 19.7. The van der Waals surface area contributed by atoms with Crippen molar-refractivity contribution < 1.29 is 18.7 Å². The lowest BCUT2D eigenvalue weighted by Gasteiger charge is -2.53. The highest BCUT2D eigenvalue weighted by atomic mass is 19.1. The average molecular weight is 424 g/mol. The molecule has 1 amide bonds. The Morgan fingerprint density at radius 3 is 2.68 bits per heavy atom. The van der Waals surface area contributed by atoms with Crippen LogP contribution in [-0.4, -0.2) is 28.8 Å². The minimum Gasteiger partial charge on any atom is -0.369 e. The fraction of sp³-hybridized carbons (Fsp3) is 0.615. The van der Waals surface area contributed by atoms with E-state index >= 15 is 0 Å². The van der Waals surface area contributed by atoms with Crippen LogP contribution in [0.2, 0.25) is 0 Å². The van der Waals surface area contributed by atoms with Crippen molar-refractivity contribution >= 4 is 11.7 Å². The van der Waals surface area contributed by atoms with Crippen molar-refractivity contribution in [2.75, 3.05) is 0 Å². The summed E-state index contributed by atoms with van der Waals surface area (Å²) in [5.41, 5.74) is 1.68. The van der Waals surface area contributed by atoms with E-state index in [1.165, 1.54) is 12.1 Å². The van der Waals surface area contributed by atoms with Gasteiger partial charge in [0.15, 0.2) is 0 Å². The van der Waals surface area contributed by atoms with E-state index in [2.05, 4.69) is 19.9 Å². The first-order chi connectivity index (χ1) is 14.8. The van der Waals surface area contributed by atoms with Gasteiger partial charge < -0.3 is 9.64 Å². The Morgan fingerprint density at radius 2 is 1.90 bits per heavy atom. The summed E-state index contributed by atoms with van der Waals surface area (Å²) in [6.45, 7) is 4.98. The molecule has 0 aromatic heterocycles. The lowest BCUT2D eigenvalue weighted by molar-refractivity contribution is -0.137. The molecule has 0 radical (unpaired) electrons. The fourth-order valence-corrected chi connectivity index (χ4v) is 7.69. The van der Waals surface area contributed by atoms with Crippen molar-refractivity contribution in [3.63, 3.8) is 0 Å². The second kappa shape index (κ2) is 6.50. The average Bonchev–Trinajstić information content (AvgIpc) is 3.43. The molecule has 2 saturated heterocycles. The molecule has 164 valence electrons. The van der Waals surface area contributed by atoms with Crippen LogP contribution in [-0.2, 0) is 20.9 Å². The van der Waals surface area contributed by atoms with Crippen LogP contribution in [0.15, 0.2) is 36.0 Å². The summed E-state index contributed by atoms with van der Waals surface area (Å²) in [5, 5.41) is 0. The smallest absolute Gasteiger partial charge is 0.227 e. The highest BCUT2D eigenvalue weighted by Gasteiger charge is 2.67. The van der Waals surface area contributed by atoms with Gasteiger partial charge in [-0.15, -0.1) is 0 Å². The predicted octanol–water partition coefficient (Wildman–Crippen LogP) is 4.63. The number of benzene rings is 1. The van der Waals surface area contributed by atoms with Crippen molar-refractivity contribution in [1.82, 2.24) is 4.90 Å². The van der Waals surface area contributed by atoms with Crippen molar-refractivity contribution in [2.45, 2.75) is 71.1 Å².